The van der Waals surface area contributed by atoms with E-state index in [-0.39, 0.29) is 12.5 Å². The number of benzene rings is 1. The second-order valence-corrected chi connectivity index (χ2v) is 9.64. The highest BCUT2D eigenvalue weighted by atomic mass is 32.2. The van der Waals surface area contributed by atoms with Crippen molar-refractivity contribution in [3.05, 3.63) is 65.6 Å². The van der Waals surface area contributed by atoms with Gasteiger partial charge in [-0.1, -0.05) is 26.0 Å². The number of aromatic nitrogens is 3. The fourth-order valence-electron chi connectivity index (χ4n) is 3.86. The number of dihydropyridines is 1. The molecule has 10 heteroatoms. The average Bonchev–Trinajstić information content (AvgIpc) is 3.06. The van der Waals surface area contributed by atoms with E-state index in [0.717, 1.165) is 0 Å². The number of pyridine rings is 1. The first-order chi connectivity index (χ1) is 14.0. The Balaban J connectivity index is 1.90. The van der Waals surface area contributed by atoms with E-state index >= 15 is 0 Å². The third-order valence-corrected chi connectivity index (χ3v) is 7.53. The molecule has 1 atom stereocenters. The second kappa shape index (κ2) is 6.71. The summed E-state index contributed by atoms with van der Waals surface area (Å²) in [5.74, 6) is -0.271. The van der Waals surface area contributed by atoms with Gasteiger partial charge >= 0.3 is 0 Å². The Morgan fingerprint density at radius 2 is 1.87 bits per heavy atom. The number of halogens is 1. The maximum Gasteiger partial charge on any atom is 0.240 e. The van der Waals surface area contributed by atoms with E-state index in [0.29, 0.717) is 22.3 Å². The van der Waals surface area contributed by atoms with E-state index < -0.39 is 26.0 Å². The van der Waals surface area contributed by atoms with Crippen LogP contribution in [0.5, 0.6) is 0 Å². The van der Waals surface area contributed by atoms with E-state index in [2.05, 4.69) is 15.1 Å². The number of anilines is 1. The molecule has 30 heavy (non-hydrogen) atoms. The molecule has 8 nitrogen and oxygen atoms in total. The molecule has 3 aromatic rings. The zero-order chi connectivity index (χ0) is 21.7. The van der Waals surface area contributed by atoms with Crippen LogP contribution in [0.2, 0.25) is 0 Å². The third kappa shape index (κ3) is 3.08. The van der Waals surface area contributed by atoms with Crippen molar-refractivity contribution < 1.29 is 12.8 Å². The van der Waals surface area contributed by atoms with Crippen molar-refractivity contribution in [3.8, 4) is 0 Å². The number of aliphatic imine (C=N–C) groups is 1. The molecular formula is C20H21FN6O2S. The summed E-state index contributed by atoms with van der Waals surface area (Å²) in [6.07, 6.45) is 4.92. The van der Waals surface area contributed by atoms with E-state index in [9.17, 15) is 12.8 Å². The van der Waals surface area contributed by atoms with Crippen LogP contribution in [0.15, 0.2) is 53.7 Å². The number of nitrogen functional groups attached to an aromatic ring is 1. The molecule has 0 saturated carbocycles. The van der Waals surface area contributed by atoms with Crippen molar-refractivity contribution in [3.63, 3.8) is 0 Å². The van der Waals surface area contributed by atoms with Gasteiger partial charge in [-0.2, -0.15) is 4.98 Å². The highest BCUT2D eigenvalue weighted by molar-refractivity contribution is 7.90. The molecule has 0 spiro atoms. The molecule has 0 aliphatic carbocycles. The molecule has 0 saturated heterocycles. The second-order valence-electron chi connectivity index (χ2n) is 7.83. The minimum absolute atomic E-state index is 0.0573. The lowest BCUT2D eigenvalue weighted by Crippen LogP contribution is -2.58. The van der Waals surface area contributed by atoms with Gasteiger partial charge in [-0.15, -0.1) is 5.10 Å². The Bertz CT molecular complexity index is 1290. The summed E-state index contributed by atoms with van der Waals surface area (Å²) >= 11 is 0. The average molecular weight is 428 g/mol. The molecule has 4 rings (SSSR count). The molecule has 0 bridgehead atoms. The van der Waals surface area contributed by atoms with E-state index in [1.807, 2.05) is 0 Å². The maximum absolute atomic E-state index is 13.5. The predicted molar refractivity (Wildman–Crippen MR) is 114 cm³/mol. The normalized spacial score (nSPS) is 19.8. The molecule has 0 amide bonds. The molecule has 1 aromatic carbocycles. The molecule has 1 aliphatic rings. The van der Waals surface area contributed by atoms with Crippen LogP contribution < -0.4 is 10.9 Å². The summed E-state index contributed by atoms with van der Waals surface area (Å²) in [6, 6.07) is 9.25. The van der Waals surface area contributed by atoms with Gasteiger partial charge in [0.1, 0.15) is 10.6 Å². The van der Waals surface area contributed by atoms with Crippen molar-refractivity contribution in [1.29, 1.82) is 0 Å². The van der Waals surface area contributed by atoms with Crippen molar-refractivity contribution in [1.82, 2.24) is 14.6 Å². The molecule has 1 unspecified atom stereocenters. The van der Waals surface area contributed by atoms with Crippen LogP contribution in [0.25, 0.3) is 11.2 Å². The van der Waals surface area contributed by atoms with Crippen LogP contribution in [0, 0.1) is 5.82 Å². The standard InChI is InChI=1S/C20H21FN6O2S/c1-19(2,15-4-6-16(21)7-5-15)20(30(23,28)29)9-14(10-24-12-20)13-3-8-17-25-18(22)26-27(17)11-13/h3-11H,12H2,1-2H3,(H2,22,26)(H2,23,28,29). The first-order valence-electron chi connectivity index (χ1n) is 9.17. The number of primary sulfonamides is 1. The van der Waals surface area contributed by atoms with Crippen LogP contribution in [0.3, 0.4) is 0 Å². The van der Waals surface area contributed by atoms with Gasteiger partial charge in [0.2, 0.25) is 16.0 Å². The minimum atomic E-state index is -4.12. The monoisotopic (exact) mass is 428 g/mol. The van der Waals surface area contributed by atoms with Crippen LogP contribution in [0.1, 0.15) is 25.0 Å². The molecule has 2 aromatic heterocycles. The zero-order valence-corrected chi connectivity index (χ0v) is 17.3. The third-order valence-electron chi connectivity index (χ3n) is 5.76. The fourth-order valence-corrected chi connectivity index (χ4v) is 5.23. The summed E-state index contributed by atoms with van der Waals surface area (Å²) in [4.78, 5) is 8.44. The number of hydrogen-bond acceptors (Lipinski definition) is 6. The lowest BCUT2D eigenvalue weighted by Gasteiger charge is -2.44. The van der Waals surface area contributed by atoms with Crippen molar-refractivity contribution in [2.24, 2.45) is 10.1 Å². The number of nitrogens with zero attached hydrogens (tertiary/aromatic N) is 4. The lowest BCUT2D eigenvalue weighted by molar-refractivity contribution is 0.399. The van der Waals surface area contributed by atoms with Crippen LogP contribution in [0.4, 0.5) is 10.3 Å². The Labute approximate surface area is 173 Å². The van der Waals surface area contributed by atoms with Gasteiger partial charge in [-0.3, -0.25) is 4.99 Å². The Morgan fingerprint density at radius 3 is 2.53 bits per heavy atom. The number of sulfonamides is 1. The zero-order valence-electron chi connectivity index (χ0n) is 16.4. The minimum Gasteiger partial charge on any atom is -0.366 e. The number of fused-ring (bicyclic) bond motifs is 1. The molecule has 1 aliphatic heterocycles. The summed E-state index contributed by atoms with van der Waals surface area (Å²) in [5.41, 5.74) is 7.09. The lowest BCUT2D eigenvalue weighted by atomic mass is 9.71. The van der Waals surface area contributed by atoms with E-state index in [1.165, 1.54) is 16.6 Å². The van der Waals surface area contributed by atoms with Crippen molar-refractivity contribution in [2.75, 3.05) is 12.3 Å². The molecule has 3 heterocycles. The van der Waals surface area contributed by atoms with Crippen molar-refractivity contribution in [2.45, 2.75) is 24.0 Å². The smallest absolute Gasteiger partial charge is 0.240 e. The maximum atomic E-state index is 13.5. The largest absolute Gasteiger partial charge is 0.366 e. The van der Waals surface area contributed by atoms with Gasteiger partial charge in [0, 0.05) is 23.4 Å². The Hall–Kier alpha value is -3.11. The SMILES string of the molecule is CC(C)(c1ccc(F)cc1)C1(S(N)(=O)=O)C=C(c2ccc3nc(N)nn3c2)C=NC1. The summed E-state index contributed by atoms with van der Waals surface area (Å²) in [7, 11) is -4.12. The molecule has 156 valence electrons. The first kappa shape index (κ1) is 20.2. The molecule has 0 radical (unpaired) electrons. The number of hydrogen-bond donors (Lipinski definition) is 2. The van der Waals surface area contributed by atoms with E-state index in [1.54, 1.807) is 56.6 Å². The van der Waals surface area contributed by atoms with Gasteiger partial charge in [0.25, 0.3) is 0 Å². The van der Waals surface area contributed by atoms with Gasteiger partial charge in [0.15, 0.2) is 5.65 Å². The van der Waals surface area contributed by atoms with E-state index in [4.69, 9.17) is 10.9 Å². The highest BCUT2D eigenvalue weighted by Crippen LogP contribution is 2.44. The Kier molecular flexibility index (Phi) is 4.51. The van der Waals surface area contributed by atoms with Crippen LogP contribution in [-0.2, 0) is 15.4 Å². The molecular weight excluding hydrogens is 407 g/mol. The van der Waals surface area contributed by atoms with Crippen LogP contribution >= 0.6 is 0 Å². The summed E-state index contributed by atoms with van der Waals surface area (Å²) in [5, 5.41) is 9.86. The predicted octanol–water partition coefficient (Wildman–Crippen LogP) is 1.92. The van der Waals surface area contributed by atoms with Crippen molar-refractivity contribution >= 4 is 33.4 Å². The number of allylic oxidation sites excluding steroid dienone is 1. The summed E-state index contributed by atoms with van der Waals surface area (Å²) < 4.78 is 39.3. The topological polar surface area (TPSA) is 129 Å². The Morgan fingerprint density at radius 1 is 1.17 bits per heavy atom. The quantitative estimate of drug-likeness (QED) is 0.656. The number of rotatable bonds is 4. The van der Waals surface area contributed by atoms with Crippen LogP contribution in [-0.4, -0.2) is 40.5 Å². The molecule has 4 N–H and O–H groups in total. The van der Waals surface area contributed by atoms with Gasteiger partial charge in [-0.25, -0.2) is 22.5 Å². The molecule has 0 fully saturated rings. The number of nitrogens with two attached hydrogens (primary N) is 2. The fraction of sp³-hybridized carbons (Fsp3) is 0.250. The first-order valence-corrected chi connectivity index (χ1v) is 10.7. The van der Waals surface area contributed by atoms with Gasteiger partial charge in [0.05, 0.1) is 6.54 Å². The summed E-state index contributed by atoms with van der Waals surface area (Å²) in [6.45, 7) is 3.47. The van der Waals surface area contributed by atoms with Gasteiger partial charge < -0.3 is 5.73 Å². The van der Waals surface area contributed by atoms with Gasteiger partial charge in [-0.05, 0) is 41.5 Å². The highest BCUT2D eigenvalue weighted by Gasteiger charge is 2.54.